The Morgan fingerprint density at radius 2 is 2.38 bits per heavy atom. The van der Waals surface area contributed by atoms with Gasteiger partial charge in [-0.1, -0.05) is 17.8 Å². The summed E-state index contributed by atoms with van der Waals surface area (Å²) in [6, 6.07) is 5.03. The minimum Gasteiger partial charge on any atom is -0.362 e. The zero-order valence-electron chi connectivity index (χ0n) is 8.91. The first-order valence-electron chi connectivity index (χ1n) is 5.59. The number of fused-ring (bicyclic) bond motifs is 1. The zero-order chi connectivity index (χ0) is 11.0. The molecule has 2 atom stereocenters. The van der Waals surface area contributed by atoms with Gasteiger partial charge in [-0.15, -0.1) is 0 Å². The highest BCUT2D eigenvalue weighted by molar-refractivity contribution is 7.99. The van der Waals surface area contributed by atoms with Gasteiger partial charge in [-0.05, 0) is 30.7 Å². The largest absolute Gasteiger partial charge is 0.362 e. The van der Waals surface area contributed by atoms with Crippen LogP contribution in [0, 0.1) is 11.7 Å². The Morgan fingerprint density at radius 1 is 1.44 bits per heavy atom. The average Bonchev–Trinajstić information content (AvgIpc) is 2.81. The molecule has 0 spiro atoms. The van der Waals surface area contributed by atoms with Gasteiger partial charge in [-0.3, -0.25) is 0 Å². The second-order valence-corrected chi connectivity index (χ2v) is 5.25. The van der Waals surface area contributed by atoms with Crippen LogP contribution in [0.3, 0.4) is 0 Å². The molecule has 1 fully saturated rings. The zero-order valence-corrected chi connectivity index (χ0v) is 9.73. The number of nitrogens with one attached hydrogen (secondary N) is 1. The van der Waals surface area contributed by atoms with Crippen LogP contribution in [0.4, 0.5) is 4.39 Å². The Morgan fingerprint density at radius 3 is 3.19 bits per heavy atom. The fourth-order valence-corrected chi connectivity index (χ4v) is 3.34. The first kappa shape index (κ1) is 10.6. The molecule has 0 radical (unpaired) electrons. The van der Waals surface area contributed by atoms with Gasteiger partial charge >= 0.3 is 0 Å². The molecule has 2 nitrogen and oxygen atoms in total. The lowest BCUT2D eigenvalue weighted by Crippen LogP contribution is -2.22. The van der Waals surface area contributed by atoms with Gasteiger partial charge in [-0.2, -0.15) is 0 Å². The molecule has 0 bridgehead atoms. The van der Waals surface area contributed by atoms with E-state index in [0.29, 0.717) is 11.9 Å². The molecular formula is C12H14FNOS. The molecule has 86 valence electrons. The molecule has 1 aromatic carbocycles. The number of hydrogen-bond acceptors (Lipinski definition) is 3. The molecule has 0 saturated carbocycles. The van der Waals surface area contributed by atoms with Gasteiger partial charge in [-0.25, -0.2) is 4.39 Å². The quantitative estimate of drug-likeness (QED) is 0.814. The summed E-state index contributed by atoms with van der Waals surface area (Å²) in [5.74, 6) is 1.01. The number of ether oxygens (including phenoxy) is 1. The van der Waals surface area contributed by atoms with Gasteiger partial charge in [0.1, 0.15) is 5.82 Å². The third-order valence-corrected chi connectivity index (χ3v) is 4.19. The fraction of sp³-hybridized carbons (Fsp3) is 0.500. The molecule has 3 rings (SSSR count). The maximum atomic E-state index is 13.1. The Labute approximate surface area is 98.6 Å². The molecule has 1 saturated heterocycles. The van der Waals surface area contributed by atoms with Crippen molar-refractivity contribution in [2.24, 2.45) is 5.92 Å². The summed E-state index contributed by atoms with van der Waals surface area (Å²) in [6.45, 7) is 2.07. The van der Waals surface area contributed by atoms with E-state index in [-0.39, 0.29) is 11.9 Å². The third-order valence-electron chi connectivity index (χ3n) is 3.27. The van der Waals surface area contributed by atoms with E-state index in [9.17, 15) is 4.39 Å². The smallest absolute Gasteiger partial charge is 0.124 e. The van der Waals surface area contributed by atoms with Gasteiger partial charge in [0.15, 0.2) is 0 Å². The molecule has 0 amide bonds. The van der Waals surface area contributed by atoms with E-state index in [0.717, 1.165) is 30.0 Å². The predicted octanol–water partition coefficient (Wildman–Crippen LogP) is 2.56. The summed E-state index contributed by atoms with van der Waals surface area (Å²) in [4.78, 5) is 1.04. The Hall–Kier alpha value is -0.580. The van der Waals surface area contributed by atoms with Crippen LogP contribution in [0.5, 0.6) is 0 Å². The van der Waals surface area contributed by atoms with Crippen molar-refractivity contribution in [1.29, 1.82) is 0 Å². The molecule has 2 aliphatic rings. The molecule has 1 N–H and O–H groups in total. The second-order valence-electron chi connectivity index (χ2n) is 4.28. The van der Waals surface area contributed by atoms with Crippen LogP contribution in [0.25, 0.3) is 0 Å². The van der Waals surface area contributed by atoms with E-state index < -0.39 is 0 Å². The van der Waals surface area contributed by atoms with Gasteiger partial charge < -0.3 is 10.1 Å². The monoisotopic (exact) mass is 239 g/mol. The van der Waals surface area contributed by atoms with Gasteiger partial charge in [0.25, 0.3) is 0 Å². The Kier molecular flexibility index (Phi) is 2.88. The van der Waals surface area contributed by atoms with E-state index >= 15 is 0 Å². The van der Waals surface area contributed by atoms with Crippen molar-refractivity contribution in [2.45, 2.75) is 17.4 Å². The van der Waals surface area contributed by atoms with E-state index in [1.807, 2.05) is 6.07 Å². The van der Waals surface area contributed by atoms with E-state index in [1.165, 1.54) is 6.07 Å². The van der Waals surface area contributed by atoms with Crippen LogP contribution in [0.2, 0.25) is 0 Å². The molecule has 0 aliphatic carbocycles. The van der Waals surface area contributed by atoms with Crippen LogP contribution >= 0.6 is 11.8 Å². The summed E-state index contributed by atoms with van der Waals surface area (Å²) in [6.07, 6.45) is 1.29. The van der Waals surface area contributed by atoms with Crippen molar-refractivity contribution in [3.8, 4) is 0 Å². The highest BCUT2D eigenvalue weighted by Gasteiger charge is 2.31. The number of rotatable bonds is 1. The van der Waals surface area contributed by atoms with Crippen molar-refractivity contribution in [3.63, 3.8) is 0 Å². The molecule has 16 heavy (non-hydrogen) atoms. The lowest BCUT2D eigenvalue weighted by Gasteiger charge is -2.29. The third kappa shape index (κ3) is 1.85. The molecular weight excluding hydrogens is 225 g/mol. The topological polar surface area (TPSA) is 21.3 Å². The minimum atomic E-state index is -0.156. The maximum Gasteiger partial charge on any atom is 0.124 e. The first-order valence-corrected chi connectivity index (χ1v) is 6.58. The second kappa shape index (κ2) is 4.35. The number of hydrogen-bond donors (Lipinski definition) is 1. The highest BCUT2D eigenvalue weighted by atomic mass is 32.2. The van der Waals surface area contributed by atoms with Crippen molar-refractivity contribution >= 4 is 11.8 Å². The van der Waals surface area contributed by atoms with Crippen molar-refractivity contribution < 1.29 is 9.13 Å². The van der Waals surface area contributed by atoms with Crippen LogP contribution in [-0.4, -0.2) is 19.0 Å². The summed E-state index contributed by atoms with van der Waals surface area (Å²) in [5, 5.41) is 3.35. The molecule has 2 heterocycles. The molecule has 2 aliphatic heterocycles. The van der Waals surface area contributed by atoms with E-state index in [2.05, 4.69) is 5.32 Å². The SMILES string of the molecule is Fc1ccc2c(c1)SCO[C@H]2[C@@H]1CCNC1. The number of benzene rings is 1. The van der Waals surface area contributed by atoms with Crippen LogP contribution < -0.4 is 5.32 Å². The van der Waals surface area contributed by atoms with Crippen molar-refractivity contribution in [2.75, 3.05) is 19.0 Å². The summed E-state index contributed by atoms with van der Waals surface area (Å²) >= 11 is 1.58. The van der Waals surface area contributed by atoms with Crippen molar-refractivity contribution in [1.82, 2.24) is 5.32 Å². The van der Waals surface area contributed by atoms with Gasteiger partial charge in [0, 0.05) is 17.4 Å². The number of halogens is 1. The maximum absolute atomic E-state index is 13.1. The molecule has 4 heteroatoms. The molecule has 1 aromatic rings. The van der Waals surface area contributed by atoms with Gasteiger partial charge in [0.2, 0.25) is 0 Å². The standard InChI is InChI=1S/C12H14FNOS/c13-9-1-2-10-11(5-9)16-7-15-12(10)8-3-4-14-6-8/h1-2,5,8,12,14H,3-4,6-7H2/t8-,12+/m1/s1. The Balaban J connectivity index is 1.93. The van der Waals surface area contributed by atoms with E-state index in [1.54, 1.807) is 17.8 Å². The number of thioether (sulfide) groups is 1. The molecule has 0 unspecified atom stereocenters. The Bertz CT molecular complexity index is 393. The van der Waals surface area contributed by atoms with Crippen LogP contribution in [0.15, 0.2) is 23.1 Å². The normalized spacial score (nSPS) is 29.1. The lowest BCUT2D eigenvalue weighted by molar-refractivity contribution is 0.0413. The van der Waals surface area contributed by atoms with Crippen LogP contribution in [-0.2, 0) is 4.74 Å². The van der Waals surface area contributed by atoms with Crippen molar-refractivity contribution in [3.05, 3.63) is 29.6 Å². The highest BCUT2D eigenvalue weighted by Crippen LogP contribution is 2.41. The predicted molar refractivity (Wildman–Crippen MR) is 61.9 cm³/mol. The fourth-order valence-electron chi connectivity index (χ4n) is 2.45. The molecule has 0 aromatic heterocycles. The van der Waals surface area contributed by atoms with Crippen LogP contribution in [0.1, 0.15) is 18.1 Å². The summed E-state index contributed by atoms with van der Waals surface area (Å²) in [7, 11) is 0. The summed E-state index contributed by atoms with van der Waals surface area (Å²) in [5.41, 5.74) is 1.16. The minimum absolute atomic E-state index is 0.145. The first-order chi connectivity index (χ1) is 7.84. The lowest BCUT2D eigenvalue weighted by atomic mass is 9.94. The summed E-state index contributed by atoms with van der Waals surface area (Å²) < 4.78 is 19.0. The average molecular weight is 239 g/mol. The van der Waals surface area contributed by atoms with Gasteiger partial charge in [0.05, 0.1) is 12.0 Å². The van der Waals surface area contributed by atoms with E-state index in [4.69, 9.17) is 4.74 Å².